The molecule has 2 N–H and O–H groups in total. The third kappa shape index (κ3) is 4.70. The number of benzene rings is 1. The fourth-order valence-corrected chi connectivity index (χ4v) is 3.68. The average Bonchev–Trinajstić information content (AvgIpc) is 3.29. The number of hydrogen-bond acceptors (Lipinski definition) is 6. The van der Waals surface area contributed by atoms with Crippen LogP contribution in [0.25, 0.3) is 0 Å². The molecular weight excluding hydrogens is 401 g/mol. The minimum Gasteiger partial charge on any atom is -0.465 e. The van der Waals surface area contributed by atoms with E-state index < -0.39 is 5.97 Å². The molecule has 0 atom stereocenters. The summed E-state index contributed by atoms with van der Waals surface area (Å²) in [7, 11) is 1.33. The van der Waals surface area contributed by atoms with Gasteiger partial charge in [0.2, 0.25) is 5.95 Å². The summed E-state index contributed by atoms with van der Waals surface area (Å²) >= 11 is 6.71. The largest absolute Gasteiger partial charge is 0.465 e. The normalized spacial score (nSPS) is 10.5. The number of anilines is 2. The number of halogens is 1. The Morgan fingerprint density at radius 1 is 1.36 bits per heavy atom. The summed E-state index contributed by atoms with van der Waals surface area (Å²) in [5.41, 5.74) is 0.930. The number of carbonyl (C=O) groups excluding carboxylic acids is 1. The minimum absolute atomic E-state index is 0.235. The molecule has 3 rings (SSSR count). The molecule has 3 aromatic rings. The summed E-state index contributed by atoms with van der Waals surface area (Å²) in [5.74, 6) is -0.473. The van der Waals surface area contributed by atoms with Gasteiger partial charge in [0.1, 0.15) is 17.1 Å². The van der Waals surface area contributed by atoms with Crippen molar-refractivity contribution in [2.45, 2.75) is 19.9 Å². The molecule has 0 saturated heterocycles. The number of hydrogen-bond donors (Lipinski definition) is 2. The van der Waals surface area contributed by atoms with Crippen LogP contribution in [0.4, 0.5) is 15.3 Å². The molecule has 0 aliphatic heterocycles. The third-order valence-corrected chi connectivity index (χ3v) is 5.21. The van der Waals surface area contributed by atoms with Crippen molar-refractivity contribution in [1.29, 1.82) is 0 Å². The lowest BCUT2D eigenvalue weighted by Gasteiger charge is -2.07. The van der Waals surface area contributed by atoms with Gasteiger partial charge in [-0.3, -0.25) is 5.32 Å². The molecule has 0 amide bonds. The molecule has 0 saturated carbocycles. The number of nitrogens with zero attached hydrogens (tertiary/aromatic N) is 3. The number of aryl methyl sites for hydroxylation is 1. The van der Waals surface area contributed by atoms with Crippen LogP contribution in [0, 0.1) is 5.82 Å². The lowest BCUT2D eigenvalue weighted by Crippen LogP contribution is -2.20. The molecule has 7 nitrogen and oxygen atoms in total. The first-order valence-corrected chi connectivity index (χ1v) is 9.64. The van der Waals surface area contributed by atoms with Gasteiger partial charge < -0.3 is 10.1 Å². The van der Waals surface area contributed by atoms with Gasteiger partial charge in [0.25, 0.3) is 0 Å². The predicted molar refractivity (Wildman–Crippen MR) is 110 cm³/mol. The van der Waals surface area contributed by atoms with Crippen molar-refractivity contribution in [1.82, 2.24) is 14.8 Å². The molecule has 0 unspecified atom stereocenters. The number of ether oxygens (including phenoxy) is 1. The van der Waals surface area contributed by atoms with Crippen LogP contribution in [0.5, 0.6) is 0 Å². The third-order valence-electron chi connectivity index (χ3n) is 3.82. The maximum Gasteiger partial charge on any atom is 0.340 e. The minimum atomic E-state index is -0.437. The zero-order chi connectivity index (χ0) is 20.1. The average molecular weight is 420 g/mol. The van der Waals surface area contributed by atoms with Crippen LogP contribution in [-0.2, 0) is 17.7 Å². The molecule has 0 spiro atoms. The number of nitrogens with one attached hydrogen (secondary N) is 2. The van der Waals surface area contributed by atoms with Gasteiger partial charge in [0, 0.05) is 10.4 Å². The molecule has 0 fully saturated rings. The first kappa shape index (κ1) is 19.9. The van der Waals surface area contributed by atoms with Gasteiger partial charge in [-0.1, -0.05) is 25.1 Å². The zero-order valence-electron chi connectivity index (χ0n) is 15.2. The van der Waals surface area contributed by atoms with E-state index in [4.69, 9.17) is 17.0 Å². The number of esters is 1. The maximum atomic E-state index is 13.8. The molecular formula is C18H18FN5O2S2. The summed E-state index contributed by atoms with van der Waals surface area (Å²) in [6.45, 7) is 2.25. The van der Waals surface area contributed by atoms with E-state index in [1.807, 2.05) is 6.92 Å². The zero-order valence-corrected chi connectivity index (χ0v) is 16.9. The summed E-state index contributed by atoms with van der Waals surface area (Å²) in [5, 5.41) is 10.9. The number of rotatable bonds is 6. The molecule has 0 bridgehead atoms. The summed E-state index contributed by atoms with van der Waals surface area (Å²) < 4.78 is 20.1. The second-order valence-corrected chi connectivity index (χ2v) is 7.28. The van der Waals surface area contributed by atoms with Crippen molar-refractivity contribution < 1.29 is 13.9 Å². The van der Waals surface area contributed by atoms with Crippen molar-refractivity contribution in [2.24, 2.45) is 0 Å². The second kappa shape index (κ2) is 8.89. The molecule has 2 heterocycles. The van der Waals surface area contributed by atoms with Crippen molar-refractivity contribution in [2.75, 3.05) is 17.7 Å². The highest BCUT2D eigenvalue weighted by Gasteiger charge is 2.17. The number of methoxy groups -OCH3 is 1. The Bertz CT molecular complexity index is 1000. The van der Waals surface area contributed by atoms with Crippen LogP contribution in [0.3, 0.4) is 0 Å². The Balaban J connectivity index is 1.66. The number of aromatic nitrogens is 3. The Morgan fingerprint density at radius 2 is 2.14 bits per heavy atom. The monoisotopic (exact) mass is 419 g/mol. The standard InChI is InChI=1S/C18H18FN5O2S2/c1-3-12-8-13(16(25)26-2)15(28-12)21-18(27)22-17-20-10-24(23-17)9-11-6-4-5-7-14(11)19/h4-8,10H,3,9H2,1-2H3,(H2,21,22,23,27). The van der Waals surface area contributed by atoms with Crippen molar-refractivity contribution in [3.05, 3.63) is 58.5 Å². The fraction of sp³-hybridized carbons (Fsp3) is 0.222. The number of thiocarbonyl (C=S) groups is 1. The molecule has 146 valence electrons. The highest BCUT2D eigenvalue weighted by Crippen LogP contribution is 2.29. The van der Waals surface area contributed by atoms with Crippen molar-refractivity contribution >= 4 is 45.6 Å². The predicted octanol–water partition coefficient (Wildman–Crippen LogP) is 3.68. The number of thiophene rings is 1. The Hall–Kier alpha value is -2.85. The quantitative estimate of drug-likeness (QED) is 0.466. The van der Waals surface area contributed by atoms with Gasteiger partial charge in [-0.15, -0.1) is 16.4 Å². The smallest absolute Gasteiger partial charge is 0.340 e. The fourth-order valence-electron chi connectivity index (χ4n) is 2.44. The van der Waals surface area contributed by atoms with Gasteiger partial charge in [0.15, 0.2) is 5.11 Å². The summed E-state index contributed by atoms with van der Waals surface area (Å²) in [6, 6.07) is 8.26. The van der Waals surface area contributed by atoms with Gasteiger partial charge >= 0.3 is 5.97 Å². The van der Waals surface area contributed by atoms with Crippen molar-refractivity contribution in [3.63, 3.8) is 0 Å². The lowest BCUT2D eigenvalue weighted by atomic mass is 10.2. The maximum absolute atomic E-state index is 13.8. The van der Waals surface area contributed by atoms with Crippen LogP contribution in [0.1, 0.15) is 27.7 Å². The molecule has 0 radical (unpaired) electrons. The molecule has 2 aromatic heterocycles. The second-order valence-electron chi connectivity index (χ2n) is 5.74. The van der Waals surface area contributed by atoms with E-state index in [0.29, 0.717) is 16.1 Å². The van der Waals surface area contributed by atoms with Gasteiger partial charge in [-0.2, -0.15) is 0 Å². The summed E-state index contributed by atoms with van der Waals surface area (Å²) in [4.78, 5) is 17.1. The highest BCUT2D eigenvalue weighted by atomic mass is 32.1. The van der Waals surface area contributed by atoms with Crippen molar-refractivity contribution in [3.8, 4) is 0 Å². The summed E-state index contributed by atoms with van der Waals surface area (Å²) in [6.07, 6.45) is 2.27. The van der Waals surface area contributed by atoms with E-state index in [-0.39, 0.29) is 23.4 Å². The van der Waals surface area contributed by atoms with Gasteiger partial charge in [0.05, 0.1) is 19.2 Å². The SMILES string of the molecule is CCc1cc(C(=O)OC)c(NC(=S)Nc2ncn(Cc3ccccc3F)n2)s1. The first-order valence-electron chi connectivity index (χ1n) is 8.42. The van der Waals surface area contributed by atoms with Crippen LogP contribution >= 0.6 is 23.6 Å². The van der Waals surface area contributed by atoms with E-state index in [1.54, 1.807) is 24.3 Å². The van der Waals surface area contributed by atoms with E-state index in [1.165, 1.54) is 35.5 Å². The van der Waals surface area contributed by atoms with E-state index in [2.05, 4.69) is 20.7 Å². The Labute approximate surface area is 170 Å². The van der Waals surface area contributed by atoms with Crippen LogP contribution in [0.15, 0.2) is 36.7 Å². The highest BCUT2D eigenvalue weighted by molar-refractivity contribution is 7.80. The number of carbonyl (C=O) groups is 1. The molecule has 0 aliphatic rings. The van der Waals surface area contributed by atoms with Gasteiger partial charge in [-0.05, 0) is 30.8 Å². The van der Waals surface area contributed by atoms with E-state index >= 15 is 0 Å². The van der Waals surface area contributed by atoms with Crippen LogP contribution in [-0.4, -0.2) is 33.0 Å². The Kier molecular flexibility index (Phi) is 6.32. The lowest BCUT2D eigenvalue weighted by molar-refractivity contribution is 0.0602. The topological polar surface area (TPSA) is 81.1 Å². The Morgan fingerprint density at radius 3 is 2.86 bits per heavy atom. The first-order chi connectivity index (χ1) is 13.5. The van der Waals surface area contributed by atoms with E-state index in [9.17, 15) is 9.18 Å². The molecule has 1 aromatic carbocycles. The van der Waals surface area contributed by atoms with Crippen LogP contribution in [0.2, 0.25) is 0 Å². The van der Waals surface area contributed by atoms with Crippen LogP contribution < -0.4 is 10.6 Å². The molecule has 10 heteroatoms. The van der Waals surface area contributed by atoms with E-state index in [0.717, 1.165) is 11.3 Å². The molecule has 28 heavy (non-hydrogen) atoms. The molecule has 0 aliphatic carbocycles. The van der Waals surface area contributed by atoms with Gasteiger partial charge in [-0.25, -0.2) is 18.9 Å².